The zero-order valence-corrected chi connectivity index (χ0v) is 14.8. The van der Waals surface area contributed by atoms with E-state index in [-0.39, 0.29) is 12.5 Å². The van der Waals surface area contributed by atoms with E-state index in [4.69, 9.17) is 4.74 Å². The molecule has 0 radical (unpaired) electrons. The monoisotopic (exact) mass is 350 g/mol. The van der Waals surface area contributed by atoms with Gasteiger partial charge in [-0.2, -0.15) is 4.36 Å². The molecule has 24 heavy (non-hydrogen) atoms. The lowest BCUT2D eigenvalue weighted by Crippen LogP contribution is -2.41. The Morgan fingerprint density at radius 1 is 1.42 bits per heavy atom. The van der Waals surface area contributed by atoms with Crippen LogP contribution in [0.3, 0.4) is 0 Å². The van der Waals surface area contributed by atoms with Crippen molar-refractivity contribution in [3.05, 3.63) is 36.9 Å². The molecule has 1 heterocycles. The maximum atomic E-state index is 12.9. The van der Waals surface area contributed by atoms with Gasteiger partial charge in [-0.3, -0.25) is 9.59 Å². The van der Waals surface area contributed by atoms with Crippen molar-refractivity contribution in [3.63, 3.8) is 0 Å². The van der Waals surface area contributed by atoms with E-state index in [2.05, 4.69) is 10.9 Å². The number of carbonyl (C=O) groups is 2. The molecule has 7 heteroatoms. The largest absolute Gasteiger partial charge is 0.495 e. The van der Waals surface area contributed by atoms with Crippen molar-refractivity contribution in [2.75, 3.05) is 26.5 Å². The van der Waals surface area contributed by atoms with Gasteiger partial charge in [0, 0.05) is 19.3 Å². The van der Waals surface area contributed by atoms with E-state index in [1.54, 1.807) is 29.2 Å². The summed E-state index contributed by atoms with van der Waals surface area (Å²) in [5.41, 5.74) is 0. The van der Waals surface area contributed by atoms with Crippen LogP contribution in [-0.2, 0) is 19.3 Å². The summed E-state index contributed by atoms with van der Waals surface area (Å²) >= 11 is 0. The van der Waals surface area contributed by atoms with Crippen molar-refractivity contribution >= 4 is 21.5 Å². The lowest BCUT2D eigenvalue weighted by atomic mass is 9.97. The van der Waals surface area contributed by atoms with Gasteiger partial charge in [0.25, 0.3) is 5.91 Å². The van der Waals surface area contributed by atoms with Crippen molar-refractivity contribution in [1.82, 2.24) is 4.90 Å². The molecule has 1 aliphatic heterocycles. The first-order chi connectivity index (χ1) is 11.4. The molecule has 2 unspecified atom stereocenters. The summed E-state index contributed by atoms with van der Waals surface area (Å²) in [6, 6.07) is 6.82. The molecule has 0 saturated carbocycles. The van der Waals surface area contributed by atoms with Crippen LogP contribution in [0.4, 0.5) is 0 Å². The smallest absolute Gasteiger partial charge is 0.258 e. The number of likely N-dealkylation sites (tertiary alicyclic amines) is 1. The molecular weight excluding hydrogens is 328 g/mol. The van der Waals surface area contributed by atoms with Gasteiger partial charge in [-0.05, 0) is 31.1 Å². The van der Waals surface area contributed by atoms with E-state index in [9.17, 15) is 13.8 Å². The highest BCUT2D eigenvalue weighted by Crippen LogP contribution is 2.26. The molecule has 1 saturated heterocycles. The third-order valence-corrected chi connectivity index (χ3v) is 5.68. The van der Waals surface area contributed by atoms with Gasteiger partial charge in [0.15, 0.2) is 0 Å². The molecule has 130 valence electrons. The van der Waals surface area contributed by atoms with Gasteiger partial charge >= 0.3 is 0 Å². The van der Waals surface area contributed by atoms with E-state index < -0.39 is 21.6 Å². The van der Waals surface area contributed by atoms with E-state index in [1.807, 2.05) is 0 Å². The number of ether oxygens (including phenoxy) is 1. The van der Waals surface area contributed by atoms with Gasteiger partial charge in [-0.15, -0.1) is 0 Å². The third-order valence-electron chi connectivity index (χ3n) is 4.00. The molecule has 1 aromatic carbocycles. The average Bonchev–Trinajstić information content (AvgIpc) is 2.60. The van der Waals surface area contributed by atoms with Gasteiger partial charge in [0.05, 0.1) is 27.7 Å². The van der Waals surface area contributed by atoms with Crippen LogP contribution in [0.5, 0.6) is 5.75 Å². The zero-order valence-electron chi connectivity index (χ0n) is 13.9. The molecular formula is C17H22N2O4S. The van der Waals surface area contributed by atoms with Crippen LogP contribution >= 0.6 is 0 Å². The van der Waals surface area contributed by atoms with Gasteiger partial charge in [0.2, 0.25) is 5.91 Å². The Bertz CT molecular complexity index is 766. The minimum absolute atomic E-state index is 0.200. The second kappa shape index (κ2) is 7.61. The third kappa shape index (κ3) is 4.03. The average molecular weight is 350 g/mol. The lowest BCUT2D eigenvalue weighted by Gasteiger charge is -2.30. The first-order valence-electron chi connectivity index (χ1n) is 7.69. The fraction of sp³-hybridized carbons (Fsp3) is 0.412. The molecule has 0 spiro atoms. The number of benzene rings is 1. The van der Waals surface area contributed by atoms with Crippen LogP contribution in [0.25, 0.3) is 0 Å². The molecule has 1 aliphatic rings. The van der Waals surface area contributed by atoms with Crippen LogP contribution in [0.2, 0.25) is 0 Å². The van der Waals surface area contributed by atoms with Crippen molar-refractivity contribution in [3.8, 4) is 5.75 Å². The highest BCUT2D eigenvalue weighted by molar-refractivity contribution is 7.93. The molecule has 1 aromatic rings. The van der Waals surface area contributed by atoms with E-state index in [1.165, 1.54) is 19.4 Å². The van der Waals surface area contributed by atoms with Gasteiger partial charge in [0.1, 0.15) is 5.75 Å². The predicted molar refractivity (Wildman–Crippen MR) is 92.3 cm³/mol. The van der Waals surface area contributed by atoms with Crippen molar-refractivity contribution in [1.29, 1.82) is 0 Å². The maximum Gasteiger partial charge on any atom is 0.258 e. The van der Waals surface area contributed by atoms with Crippen LogP contribution in [0.15, 0.2) is 46.2 Å². The Balaban J connectivity index is 2.25. The summed E-state index contributed by atoms with van der Waals surface area (Å²) in [4.78, 5) is 26.2. The normalized spacial score (nSPS) is 19.9. The molecule has 0 bridgehead atoms. The van der Waals surface area contributed by atoms with Crippen LogP contribution in [-0.4, -0.2) is 47.4 Å². The molecule has 2 atom stereocenters. The van der Waals surface area contributed by atoms with Crippen LogP contribution < -0.4 is 4.74 Å². The van der Waals surface area contributed by atoms with E-state index in [0.29, 0.717) is 30.0 Å². The molecule has 6 nitrogen and oxygen atoms in total. The number of hydrogen-bond donors (Lipinski definition) is 0. The van der Waals surface area contributed by atoms with Crippen LogP contribution in [0, 0.1) is 5.92 Å². The predicted octanol–water partition coefficient (Wildman–Crippen LogP) is 2.10. The summed E-state index contributed by atoms with van der Waals surface area (Å²) in [5.74, 6) is -0.629. The fourth-order valence-electron chi connectivity index (χ4n) is 2.74. The van der Waals surface area contributed by atoms with Crippen LogP contribution in [0.1, 0.15) is 12.8 Å². The number of carbonyl (C=O) groups excluding carboxylic acids is 2. The zero-order chi connectivity index (χ0) is 17.7. The summed E-state index contributed by atoms with van der Waals surface area (Å²) < 4.78 is 22.1. The number of rotatable bonds is 4. The lowest BCUT2D eigenvalue weighted by molar-refractivity contribution is -0.130. The minimum atomic E-state index is -2.92. The standard InChI is InChI=1S/C17H22N2O4S/c1-4-16(20)19-11-7-8-13(12-19)17(21)18-24(3,22)15-10-6-5-9-14(15)23-2/h4-6,9-10,13H,1,7-8,11-12H2,2-3H3. The molecule has 0 N–H and O–H groups in total. The first-order valence-corrected chi connectivity index (χ1v) is 9.61. The first kappa shape index (κ1) is 18.2. The minimum Gasteiger partial charge on any atom is -0.495 e. The summed E-state index contributed by atoms with van der Waals surface area (Å²) in [6.07, 6.45) is 4.01. The Hall–Kier alpha value is -2.15. The van der Waals surface area contributed by atoms with Crippen molar-refractivity contribution in [2.45, 2.75) is 17.7 Å². The molecule has 2 amide bonds. The second-order valence-electron chi connectivity index (χ2n) is 5.71. The van der Waals surface area contributed by atoms with Gasteiger partial charge in [-0.1, -0.05) is 18.7 Å². The van der Waals surface area contributed by atoms with E-state index in [0.717, 1.165) is 0 Å². The number of hydrogen-bond acceptors (Lipinski definition) is 4. The summed E-state index contributed by atoms with van der Waals surface area (Å²) in [7, 11) is -1.44. The number of nitrogens with zero attached hydrogens (tertiary/aromatic N) is 2. The summed E-state index contributed by atoms with van der Waals surface area (Å²) in [5, 5.41) is 0. The fourth-order valence-corrected chi connectivity index (χ4v) is 4.18. The molecule has 1 fully saturated rings. The highest BCUT2D eigenvalue weighted by atomic mass is 32.2. The van der Waals surface area contributed by atoms with Crippen molar-refractivity contribution < 1.29 is 18.5 Å². The number of amides is 2. The number of piperidine rings is 1. The number of para-hydroxylation sites is 1. The quantitative estimate of drug-likeness (QED) is 0.779. The maximum absolute atomic E-state index is 12.9. The molecule has 0 aliphatic carbocycles. The Morgan fingerprint density at radius 2 is 2.12 bits per heavy atom. The highest BCUT2D eigenvalue weighted by Gasteiger charge is 2.28. The topological polar surface area (TPSA) is 76.0 Å². The Labute approximate surface area is 142 Å². The second-order valence-corrected chi connectivity index (χ2v) is 7.94. The van der Waals surface area contributed by atoms with Gasteiger partial charge < -0.3 is 9.64 Å². The summed E-state index contributed by atoms with van der Waals surface area (Å²) in [6.45, 7) is 4.35. The number of methoxy groups -OCH3 is 1. The molecule has 0 aromatic heterocycles. The van der Waals surface area contributed by atoms with Gasteiger partial charge in [-0.25, -0.2) is 4.21 Å². The Morgan fingerprint density at radius 3 is 2.79 bits per heavy atom. The van der Waals surface area contributed by atoms with Crippen molar-refractivity contribution in [2.24, 2.45) is 10.3 Å². The van der Waals surface area contributed by atoms with E-state index >= 15 is 0 Å². The molecule has 2 rings (SSSR count). The SMILES string of the molecule is C=CC(=O)N1CCCC(C(=O)N=S(C)(=O)c2ccccc2OC)C1. The Kier molecular flexibility index (Phi) is 5.77.